The summed E-state index contributed by atoms with van der Waals surface area (Å²) < 4.78 is 63.6. The van der Waals surface area contributed by atoms with Gasteiger partial charge in [-0.05, 0) is 24.6 Å². The molecule has 3 rings (SSSR count). The summed E-state index contributed by atoms with van der Waals surface area (Å²) in [6.07, 6.45) is 0. The van der Waals surface area contributed by atoms with Crippen LogP contribution in [0.4, 0.5) is 3.89 Å². The predicted octanol–water partition coefficient (Wildman–Crippen LogP) is 2.43. The molecule has 137 valence electrons. The van der Waals surface area contributed by atoms with E-state index in [2.05, 4.69) is 5.16 Å². The molecule has 2 aromatic carbocycles. The Morgan fingerprint density at radius 3 is 2.07 bits per heavy atom. The van der Waals surface area contributed by atoms with Crippen LogP contribution >= 0.6 is 0 Å². The van der Waals surface area contributed by atoms with Gasteiger partial charge in [0.1, 0.15) is 11.5 Å². The van der Waals surface area contributed by atoms with Crippen molar-refractivity contribution in [3.05, 3.63) is 60.4 Å². The molecule has 7 nitrogen and oxygen atoms in total. The van der Waals surface area contributed by atoms with Gasteiger partial charge in [-0.15, -0.1) is 0 Å². The monoisotopic (exact) mass is 419 g/mol. The molecule has 11 heteroatoms. The number of benzene rings is 2. The quantitative estimate of drug-likeness (QED) is 0.503. The molecule has 0 fully saturated rings. The van der Waals surface area contributed by atoms with Crippen molar-refractivity contribution in [2.24, 2.45) is 0 Å². The molecule has 0 saturated carbocycles. The van der Waals surface area contributed by atoms with Crippen LogP contribution in [-0.4, -0.2) is 51.5 Å². The van der Waals surface area contributed by atoms with Gasteiger partial charge in [-0.25, -0.2) is 8.42 Å². The summed E-state index contributed by atoms with van der Waals surface area (Å²) in [4.78, 5) is -0.391. The number of hydrogen-bond acceptors (Lipinski definition) is 6. The number of hydrogen-bond donors (Lipinski definition) is 1. The van der Waals surface area contributed by atoms with E-state index in [-0.39, 0.29) is 29.6 Å². The first-order chi connectivity index (χ1) is 12.2. The minimum atomic E-state index is -5.40. The van der Waals surface area contributed by atoms with Crippen LogP contribution in [0.15, 0.2) is 64.0 Å². The van der Waals surface area contributed by atoms with E-state index in [0.717, 1.165) is 9.69 Å². The smallest absolute Gasteiger partial charge is 0.360 e. The number of aryl methyl sites for hydroxylation is 1. The fourth-order valence-corrected chi connectivity index (χ4v) is 4.41. The molecule has 27 heavy (non-hydrogen) atoms. The van der Waals surface area contributed by atoms with E-state index >= 15 is 0 Å². The largest absolute Gasteiger partial charge is 0.385 e. The first kappa shape index (κ1) is 21.7. The van der Waals surface area contributed by atoms with Gasteiger partial charge in [0.05, 0.1) is 10.5 Å². The third-order valence-corrected chi connectivity index (χ3v) is 6.14. The Kier molecular flexibility index (Phi) is 6.61. The molecule has 0 aliphatic rings. The van der Waals surface area contributed by atoms with E-state index < -0.39 is 25.3 Å². The zero-order chi connectivity index (χ0) is 18.9. The Labute approximate surface area is 178 Å². The summed E-state index contributed by atoms with van der Waals surface area (Å²) in [5, 5.41) is 4.05. The molecular weight excluding hydrogens is 406 g/mol. The standard InChI is InChI=1S/C16H13FN2O5S2.Na/c1-11-15(16(18-24-11)13-5-3-2-4-6-13)12-7-9-14(10-8-12)25(20,21)19-26(17,22)23;/h2-10,19H,1H3;. The van der Waals surface area contributed by atoms with Gasteiger partial charge in [0.25, 0.3) is 10.0 Å². The summed E-state index contributed by atoms with van der Waals surface area (Å²) >= 11 is 0. The molecule has 1 aromatic heterocycles. The van der Waals surface area contributed by atoms with Gasteiger partial charge in [0.15, 0.2) is 0 Å². The summed E-state index contributed by atoms with van der Waals surface area (Å²) in [6, 6.07) is 14.5. The van der Waals surface area contributed by atoms with Crippen LogP contribution in [0.5, 0.6) is 0 Å². The number of nitrogens with zero attached hydrogens (tertiary/aromatic N) is 1. The van der Waals surface area contributed by atoms with Crippen LogP contribution in [0.3, 0.4) is 0 Å². The van der Waals surface area contributed by atoms with Gasteiger partial charge in [-0.1, -0.05) is 55.6 Å². The molecule has 0 atom stereocenters. The van der Waals surface area contributed by atoms with Crippen molar-refractivity contribution in [2.75, 3.05) is 0 Å². The minimum absolute atomic E-state index is 0. The second kappa shape index (κ2) is 8.21. The number of halogens is 1. The second-order valence-corrected chi connectivity index (χ2v) is 8.40. The average molecular weight is 419 g/mol. The number of rotatable bonds is 5. The normalized spacial score (nSPS) is 11.8. The molecular formula is C16H13FN2NaO5S2. The minimum Gasteiger partial charge on any atom is -0.360 e. The van der Waals surface area contributed by atoms with Crippen molar-refractivity contribution in [1.29, 1.82) is 0 Å². The fourth-order valence-electron chi connectivity index (χ4n) is 2.49. The molecule has 1 heterocycles. The van der Waals surface area contributed by atoms with Crippen molar-refractivity contribution in [1.82, 2.24) is 9.28 Å². The predicted molar refractivity (Wildman–Crippen MR) is 98.2 cm³/mol. The summed E-state index contributed by atoms with van der Waals surface area (Å²) in [6.45, 7) is 1.72. The zero-order valence-electron chi connectivity index (χ0n) is 14.4. The number of nitrogens with one attached hydrogen (secondary N) is 1. The Morgan fingerprint density at radius 1 is 0.926 bits per heavy atom. The molecule has 1 N–H and O–H groups in total. The van der Waals surface area contributed by atoms with Crippen LogP contribution in [0.25, 0.3) is 22.4 Å². The van der Waals surface area contributed by atoms with Gasteiger partial charge in [0, 0.05) is 35.1 Å². The van der Waals surface area contributed by atoms with E-state index in [1.165, 1.54) is 24.3 Å². The fraction of sp³-hybridized carbons (Fsp3) is 0.0625. The van der Waals surface area contributed by atoms with Gasteiger partial charge in [-0.2, -0.15) is 8.42 Å². The maximum Gasteiger partial charge on any atom is 0.385 e. The van der Waals surface area contributed by atoms with E-state index in [9.17, 15) is 20.7 Å². The van der Waals surface area contributed by atoms with Gasteiger partial charge in [0.2, 0.25) is 0 Å². The van der Waals surface area contributed by atoms with Gasteiger partial charge >= 0.3 is 10.4 Å². The Hall–Kier alpha value is -1.56. The molecule has 0 unspecified atom stereocenters. The van der Waals surface area contributed by atoms with Crippen molar-refractivity contribution in [3.63, 3.8) is 0 Å². The van der Waals surface area contributed by atoms with E-state index in [0.29, 0.717) is 22.6 Å². The maximum absolute atomic E-state index is 12.6. The Morgan fingerprint density at radius 2 is 1.52 bits per heavy atom. The van der Waals surface area contributed by atoms with Gasteiger partial charge < -0.3 is 4.52 Å². The molecule has 3 aromatic rings. The van der Waals surface area contributed by atoms with E-state index in [1.54, 1.807) is 6.92 Å². The number of aromatic nitrogens is 1. The third kappa shape index (κ3) is 5.03. The molecule has 1 radical (unpaired) electrons. The van der Waals surface area contributed by atoms with Crippen molar-refractivity contribution < 1.29 is 25.2 Å². The third-order valence-electron chi connectivity index (χ3n) is 3.57. The SMILES string of the molecule is Cc1onc(-c2ccccc2)c1-c1ccc(S(=O)(=O)NS(=O)(=O)F)cc1.[Na]. The summed E-state index contributed by atoms with van der Waals surface area (Å²) in [7, 11) is -9.92. The summed E-state index contributed by atoms with van der Waals surface area (Å²) in [5.74, 6) is 0.531. The van der Waals surface area contributed by atoms with Crippen molar-refractivity contribution in [3.8, 4) is 22.4 Å². The first-order valence-corrected chi connectivity index (χ1v) is 10.1. The van der Waals surface area contributed by atoms with Crippen LogP contribution in [-0.2, 0) is 20.4 Å². The van der Waals surface area contributed by atoms with Crippen molar-refractivity contribution in [2.45, 2.75) is 11.8 Å². The number of sulfonamides is 1. The maximum atomic E-state index is 12.6. The zero-order valence-corrected chi connectivity index (χ0v) is 18.0. The van der Waals surface area contributed by atoms with Crippen LogP contribution < -0.4 is 4.13 Å². The molecule has 0 aliphatic heterocycles. The molecule has 0 amide bonds. The summed E-state index contributed by atoms with van der Waals surface area (Å²) in [5.41, 5.74) is 2.69. The van der Waals surface area contributed by atoms with Gasteiger partial charge in [-0.3, -0.25) is 0 Å². The van der Waals surface area contributed by atoms with E-state index in [1.807, 2.05) is 30.3 Å². The average Bonchev–Trinajstić information content (AvgIpc) is 2.95. The Bertz CT molecular complexity index is 1150. The van der Waals surface area contributed by atoms with E-state index in [4.69, 9.17) is 4.52 Å². The molecule has 0 spiro atoms. The van der Waals surface area contributed by atoms with Crippen molar-refractivity contribution >= 4 is 50.0 Å². The Balaban J connectivity index is 0.00000261. The molecule has 0 saturated heterocycles. The first-order valence-electron chi connectivity index (χ1n) is 7.28. The second-order valence-electron chi connectivity index (χ2n) is 5.38. The van der Waals surface area contributed by atoms with Crippen LogP contribution in [0.2, 0.25) is 0 Å². The molecule has 0 aliphatic carbocycles. The van der Waals surface area contributed by atoms with Crippen LogP contribution in [0, 0.1) is 6.92 Å². The topological polar surface area (TPSA) is 106 Å². The molecule has 0 bridgehead atoms. The van der Waals surface area contributed by atoms with Crippen LogP contribution in [0.1, 0.15) is 5.76 Å².